The number of hydrogen-bond donors (Lipinski definition) is 6. The summed E-state index contributed by atoms with van der Waals surface area (Å²) >= 11 is 0. The Hall–Kier alpha value is -3.75. The Labute approximate surface area is 174 Å². The summed E-state index contributed by atoms with van der Waals surface area (Å²) in [6.07, 6.45) is 3.33. The van der Waals surface area contributed by atoms with Crippen LogP contribution in [0.2, 0.25) is 0 Å². The van der Waals surface area contributed by atoms with Crippen molar-refractivity contribution in [3.8, 4) is 0 Å². The van der Waals surface area contributed by atoms with Crippen LogP contribution in [-0.4, -0.2) is 34.3 Å². The van der Waals surface area contributed by atoms with Crippen LogP contribution in [0.4, 0.5) is 5.82 Å². The summed E-state index contributed by atoms with van der Waals surface area (Å²) in [4.78, 5) is 32.4. The van der Waals surface area contributed by atoms with Crippen LogP contribution in [0.25, 0.3) is 5.57 Å². The monoisotopic (exact) mass is 409 g/mol. The van der Waals surface area contributed by atoms with Gasteiger partial charge in [-0.2, -0.15) is 0 Å². The lowest BCUT2D eigenvalue weighted by molar-refractivity contribution is 0.0950. The quantitative estimate of drug-likeness (QED) is 0.367. The van der Waals surface area contributed by atoms with Crippen molar-refractivity contribution in [1.82, 2.24) is 15.3 Å². The van der Waals surface area contributed by atoms with Crippen LogP contribution in [0.1, 0.15) is 52.3 Å². The number of nitrogens with one attached hydrogen (secondary N) is 5. The maximum Gasteiger partial charge on any atom is 0.253 e. The maximum atomic E-state index is 13.0. The molecular weight excluding hydrogens is 382 g/mol. The van der Waals surface area contributed by atoms with E-state index in [0.29, 0.717) is 28.2 Å². The van der Waals surface area contributed by atoms with Crippen molar-refractivity contribution >= 4 is 29.7 Å². The molecule has 0 aliphatic carbocycles. The SMILES string of the molecule is Cc1cc(C)c(CNC(=O)c2cc(/C(C=N)=C/N)nc(NC(C)C)c2C=N)c(=O)[nH]1. The largest absolute Gasteiger partial charge is 0.404 e. The van der Waals surface area contributed by atoms with Gasteiger partial charge < -0.3 is 32.2 Å². The van der Waals surface area contributed by atoms with Crippen LogP contribution in [0.5, 0.6) is 0 Å². The molecule has 0 saturated heterocycles. The number of anilines is 1. The van der Waals surface area contributed by atoms with Crippen molar-refractivity contribution in [2.75, 3.05) is 5.32 Å². The molecule has 9 heteroatoms. The number of aryl methyl sites for hydroxylation is 2. The second-order valence-electron chi connectivity index (χ2n) is 7.15. The predicted octanol–water partition coefficient (Wildman–Crippen LogP) is 2.08. The van der Waals surface area contributed by atoms with Gasteiger partial charge in [0.1, 0.15) is 5.82 Å². The highest BCUT2D eigenvalue weighted by Crippen LogP contribution is 2.22. The Morgan fingerprint density at radius 2 is 2.00 bits per heavy atom. The van der Waals surface area contributed by atoms with Crippen LogP contribution in [-0.2, 0) is 6.54 Å². The zero-order valence-corrected chi connectivity index (χ0v) is 17.5. The predicted molar refractivity (Wildman–Crippen MR) is 120 cm³/mol. The minimum atomic E-state index is -0.468. The number of rotatable bonds is 8. The average Bonchev–Trinajstić information content (AvgIpc) is 2.67. The molecule has 1 amide bonds. The summed E-state index contributed by atoms with van der Waals surface area (Å²) < 4.78 is 0. The second-order valence-corrected chi connectivity index (χ2v) is 7.15. The number of aromatic nitrogens is 2. The van der Waals surface area contributed by atoms with E-state index in [-0.39, 0.29) is 23.7 Å². The molecule has 0 aliphatic heterocycles. The minimum Gasteiger partial charge on any atom is -0.404 e. The lowest BCUT2D eigenvalue weighted by Crippen LogP contribution is -2.29. The second kappa shape index (κ2) is 9.64. The third-order valence-corrected chi connectivity index (χ3v) is 4.42. The highest BCUT2D eigenvalue weighted by molar-refractivity contribution is 6.10. The first-order valence-corrected chi connectivity index (χ1v) is 9.44. The number of H-pyrrole nitrogens is 1. The zero-order chi connectivity index (χ0) is 22.4. The summed E-state index contributed by atoms with van der Waals surface area (Å²) in [5.41, 5.74) is 8.48. The van der Waals surface area contributed by atoms with Crippen molar-refractivity contribution in [2.45, 2.75) is 40.3 Å². The summed E-state index contributed by atoms with van der Waals surface area (Å²) in [5, 5.41) is 21.2. The van der Waals surface area contributed by atoms with Gasteiger partial charge in [-0.1, -0.05) is 0 Å². The van der Waals surface area contributed by atoms with Gasteiger partial charge in [0.2, 0.25) is 0 Å². The highest BCUT2D eigenvalue weighted by atomic mass is 16.1. The van der Waals surface area contributed by atoms with Gasteiger partial charge in [0.25, 0.3) is 11.5 Å². The standard InChI is InChI=1S/C21H27N7O2/c1-11(2)26-19-16(9-24)15(6-18(28-19)14(7-22)8-23)20(29)25-10-17-12(3)5-13(4)27-21(17)30/h5-9,11,22,24H,10,23H2,1-4H3,(H,25,29)(H,26,28)(H,27,30)/b14-8+,22-7?,24-9?. The Morgan fingerprint density at radius 1 is 1.30 bits per heavy atom. The van der Waals surface area contributed by atoms with Crippen molar-refractivity contribution in [2.24, 2.45) is 5.73 Å². The molecule has 158 valence electrons. The zero-order valence-electron chi connectivity index (χ0n) is 17.5. The number of nitrogens with two attached hydrogens (primary N) is 1. The first kappa shape index (κ1) is 22.5. The van der Waals surface area contributed by atoms with E-state index in [4.69, 9.17) is 16.6 Å². The molecule has 30 heavy (non-hydrogen) atoms. The molecule has 0 saturated carbocycles. The average molecular weight is 409 g/mol. The molecular formula is C21H27N7O2. The first-order chi connectivity index (χ1) is 14.2. The number of pyridine rings is 2. The Morgan fingerprint density at radius 3 is 2.53 bits per heavy atom. The lowest BCUT2D eigenvalue weighted by atomic mass is 10.0. The van der Waals surface area contributed by atoms with Crippen LogP contribution < -0.4 is 21.9 Å². The van der Waals surface area contributed by atoms with Crippen molar-refractivity contribution in [3.05, 3.63) is 62.3 Å². The van der Waals surface area contributed by atoms with Crippen molar-refractivity contribution in [1.29, 1.82) is 10.8 Å². The summed E-state index contributed by atoms with van der Waals surface area (Å²) in [6.45, 7) is 7.45. The third-order valence-electron chi connectivity index (χ3n) is 4.42. The van der Waals surface area contributed by atoms with Gasteiger partial charge in [0.15, 0.2) is 0 Å². The summed E-state index contributed by atoms with van der Waals surface area (Å²) in [5.74, 6) is -0.127. The topological polar surface area (TPSA) is 161 Å². The molecule has 0 aromatic carbocycles. The molecule has 0 bridgehead atoms. The van der Waals surface area contributed by atoms with Crippen LogP contribution >= 0.6 is 0 Å². The van der Waals surface area contributed by atoms with Crippen molar-refractivity contribution < 1.29 is 4.79 Å². The summed E-state index contributed by atoms with van der Waals surface area (Å²) in [6, 6.07) is 3.32. The summed E-state index contributed by atoms with van der Waals surface area (Å²) in [7, 11) is 0. The number of carbonyl (C=O) groups is 1. The van der Waals surface area contributed by atoms with Gasteiger partial charge in [-0.15, -0.1) is 0 Å². The van der Waals surface area contributed by atoms with Gasteiger partial charge >= 0.3 is 0 Å². The number of amides is 1. The van der Waals surface area contributed by atoms with E-state index in [2.05, 4.69) is 20.6 Å². The van der Waals surface area contributed by atoms with Gasteiger partial charge in [0, 0.05) is 53.6 Å². The van der Waals surface area contributed by atoms with E-state index in [1.165, 1.54) is 12.3 Å². The molecule has 2 aromatic rings. The molecule has 2 aromatic heterocycles. The molecule has 9 nitrogen and oxygen atoms in total. The fourth-order valence-corrected chi connectivity index (χ4v) is 2.99. The molecule has 0 fully saturated rings. The van der Waals surface area contributed by atoms with E-state index in [1.807, 2.05) is 26.8 Å². The van der Waals surface area contributed by atoms with E-state index >= 15 is 0 Å². The van der Waals surface area contributed by atoms with E-state index in [9.17, 15) is 9.59 Å². The molecule has 0 aliphatic rings. The van der Waals surface area contributed by atoms with Crippen LogP contribution in [0.15, 0.2) is 23.1 Å². The number of carbonyl (C=O) groups excluding carboxylic acids is 1. The van der Waals surface area contributed by atoms with E-state index in [1.54, 1.807) is 6.92 Å². The van der Waals surface area contributed by atoms with E-state index in [0.717, 1.165) is 23.7 Å². The van der Waals surface area contributed by atoms with Gasteiger partial charge in [-0.05, 0) is 45.4 Å². The Bertz CT molecular complexity index is 1070. The Balaban J connectivity index is 2.49. The Kier molecular flexibility index (Phi) is 7.24. The van der Waals surface area contributed by atoms with E-state index < -0.39 is 5.91 Å². The van der Waals surface area contributed by atoms with Crippen molar-refractivity contribution in [3.63, 3.8) is 0 Å². The third kappa shape index (κ3) is 4.99. The van der Waals surface area contributed by atoms with Gasteiger partial charge in [-0.25, -0.2) is 4.98 Å². The fraction of sp³-hybridized carbons (Fsp3) is 0.286. The number of nitrogens with zero attached hydrogens (tertiary/aromatic N) is 1. The molecule has 0 unspecified atom stereocenters. The van der Waals surface area contributed by atoms with Crippen LogP contribution in [0, 0.1) is 24.7 Å². The number of hydrogen-bond acceptors (Lipinski definition) is 7. The molecule has 2 rings (SSSR count). The molecule has 0 atom stereocenters. The minimum absolute atomic E-state index is 0.00131. The lowest BCUT2D eigenvalue weighted by Gasteiger charge is -2.17. The van der Waals surface area contributed by atoms with Crippen LogP contribution in [0.3, 0.4) is 0 Å². The molecule has 2 heterocycles. The van der Waals surface area contributed by atoms with Gasteiger partial charge in [0.05, 0.1) is 11.3 Å². The smallest absolute Gasteiger partial charge is 0.253 e. The molecule has 7 N–H and O–H groups in total. The maximum absolute atomic E-state index is 13.0. The molecule has 0 spiro atoms. The fourth-order valence-electron chi connectivity index (χ4n) is 2.99. The van der Waals surface area contributed by atoms with Gasteiger partial charge in [-0.3, -0.25) is 9.59 Å². The number of aromatic amines is 1. The molecule has 0 radical (unpaired) electrons. The highest BCUT2D eigenvalue weighted by Gasteiger charge is 2.19. The first-order valence-electron chi connectivity index (χ1n) is 9.44. The normalized spacial score (nSPS) is 11.3. The number of allylic oxidation sites excluding steroid dienone is 1.